The fourth-order valence-electron chi connectivity index (χ4n) is 2.39. The Kier molecular flexibility index (Phi) is 4.28. The number of nitrogens with two attached hydrogens (primary N) is 1. The summed E-state index contributed by atoms with van der Waals surface area (Å²) in [5, 5.41) is 2.57. The maximum Gasteiger partial charge on any atom is 0.0292 e. The Labute approximate surface area is 130 Å². The van der Waals surface area contributed by atoms with Crippen LogP contribution >= 0.6 is 11.8 Å². The van der Waals surface area contributed by atoms with Crippen LogP contribution in [0.25, 0.3) is 10.8 Å². The molecule has 2 N–H and O–H groups in total. The predicted octanol–water partition coefficient (Wildman–Crippen LogP) is 5.40. The highest BCUT2D eigenvalue weighted by molar-refractivity contribution is 7.99. The summed E-state index contributed by atoms with van der Waals surface area (Å²) < 4.78 is 0. The van der Waals surface area contributed by atoms with Crippen molar-refractivity contribution in [3.05, 3.63) is 72.3 Å². The normalized spacial score (nSPS) is 12.5. The molecule has 0 aliphatic heterocycles. The first-order valence-electron chi connectivity index (χ1n) is 7.28. The highest BCUT2D eigenvalue weighted by Gasteiger charge is 2.04. The number of hydrogen-bond donors (Lipinski definition) is 1. The second-order valence-corrected chi connectivity index (χ2v) is 6.34. The number of fused-ring (bicyclic) bond motifs is 1. The molecule has 3 aromatic rings. The Balaban J connectivity index is 1.81. The van der Waals surface area contributed by atoms with E-state index >= 15 is 0 Å². The molecule has 106 valence electrons. The van der Waals surface area contributed by atoms with Gasteiger partial charge in [-0.1, -0.05) is 61.2 Å². The summed E-state index contributed by atoms with van der Waals surface area (Å²) in [4.78, 5) is 2.51. The zero-order valence-corrected chi connectivity index (χ0v) is 12.9. The Morgan fingerprint density at radius 3 is 2.24 bits per heavy atom. The molecule has 0 fully saturated rings. The molecule has 0 saturated heterocycles. The molecule has 0 amide bonds. The summed E-state index contributed by atoms with van der Waals surface area (Å²) in [5.74, 6) is 0. The van der Waals surface area contributed by atoms with E-state index in [1.54, 1.807) is 11.8 Å². The van der Waals surface area contributed by atoms with Crippen molar-refractivity contribution in [2.45, 2.75) is 29.2 Å². The van der Waals surface area contributed by atoms with E-state index < -0.39 is 0 Å². The van der Waals surface area contributed by atoms with Gasteiger partial charge in [0.05, 0.1) is 0 Å². The van der Waals surface area contributed by atoms with Crippen molar-refractivity contribution in [3.63, 3.8) is 0 Å². The van der Waals surface area contributed by atoms with E-state index in [2.05, 4.69) is 73.7 Å². The minimum atomic E-state index is 0.143. The summed E-state index contributed by atoms with van der Waals surface area (Å²) in [6.07, 6.45) is 0.969. The molecule has 0 aliphatic carbocycles. The average Bonchev–Trinajstić information content (AvgIpc) is 2.55. The Morgan fingerprint density at radius 1 is 0.857 bits per heavy atom. The Hall–Kier alpha value is -1.77. The summed E-state index contributed by atoms with van der Waals surface area (Å²) in [7, 11) is 0. The standard InChI is InChI=1S/C19H19NS/c1-2-19(20)15-8-10-17(11-9-15)21-18-12-7-14-5-3-4-6-16(14)13-18/h3-13,19H,2,20H2,1H3. The molecule has 3 aromatic carbocycles. The van der Waals surface area contributed by atoms with Crippen LogP contribution in [-0.2, 0) is 0 Å². The lowest BCUT2D eigenvalue weighted by Crippen LogP contribution is -2.07. The van der Waals surface area contributed by atoms with Crippen LogP contribution in [0.5, 0.6) is 0 Å². The fraction of sp³-hybridized carbons (Fsp3) is 0.158. The van der Waals surface area contributed by atoms with Crippen LogP contribution in [0.4, 0.5) is 0 Å². The van der Waals surface area contributed by atoms with Crippen LogP contribution in [0.1, 0.15) is 24.9 Å². The van der Waals surface area contributed by atoms with Gasteiger partial charge in [-0.3, -0.25) is 0 Å². The van der Waals surface area contributed by atoms with Gasteiger partial charge in [-0.25, -0.2) is 0 Å². The maximum atomic E-state index is 6.05. The molecule has 0 bridgehead atoms. The van der Waals surface area contributed by atoms with E-state index in [1.165, 1.54) is 26.1 Å². The summed E-state index contributed by atoms with van der Waals surface area (Å²) >= 11 is 1.79. The van der Waals surface area contributed by atoms with Crippen molar-refractivity contribution >= 4 is 22.5 Å². The van der Waals surface area contributed by atoms with Gasteiger partial charge >= 0.3 is 0 Å². The average molecular weight is 293 g/mol. The maximum absolute atomic E-state index is 6.05. The van der Waals surface area contributed by atoms with Gasteiger partial charge in [-0.15, -0.1) is 0 Å². The predicted molar refractivity (Wildman–Crippen MR) is 91.7 cm³/mol. The molecule has 0 aliphatic rings. The highest BCUT2D eigenvalue weighted by Crippen LogP contribution is 2.30. The van der Waals surface area contributed by atoms with Crippen LogP contribution in [-0.4, -0.2) is 0 Å². The second kappa shape index (κ2) is 6.33. The molecular weight excluding hydrogens is 274 g/mol. The van der Waals surface area contributed by atoms with Crippen LogP contribution in [0, 0.1) is 0 Å². The third-order valence-electron chi connectivity index (χ3n) is 3.70. The minimum absolute atomic E-state index is 0.143. The van der Waals surface area contributed by atoms with E-state index in [-0.39, 0.29) is 6.04 Å². The first kappa shape index (κ1) is 14.2. The monoisotopic (exact) mass is 293 g/mol. The van der Waals surface area contributed by atoms with Gasteiger partial charge in [0.1, 0.15) is 0 Å². The molecule has 1 nitrogen and oxygen atoms in total. The molecule has 0 spiro atoms. The van der Waals surface area contributed by atoms with E-state index in [0.717, 1.165) is 6.42 Å². The molecule has 0 aromatic heterocycles. The minimum Gasteiger partial charge on any atom is -0.324 e. The molecule has 0 radical (unpaired) electrons. The zero-order valence-electron chi connectivity index (χ0n) is 12.1. The summed E-state index contributed by atoms with van der Waals surface area (Å²) in [6.45, 7) is 2.11. The lowest BCUT2D eigenvalue weighted by Gasteiger charge is -2.10. The molecule has 0 saturated carbocycles. The van der Waals surface area contributed by atoms with Crippen molar-refractivity contribution in [1.29, 1.82) is 0 Å². The fourth-order valence-corrected chi connectivity index (χ4v) is 3.25. The van der Waals surface area contributed by atoms with Gasteiger partial charge in [0.2, 0.25) is 0 Å². The molecule has 1 atom stereocenters. The second-order valence-electron chi connectivity index (χ2n) is 5.19. The zero-order chi connectivity index (χ0) is 14.7. The third kappa shape index (κ3) is 3.29. The largest absolute Gasteiger partial charge is 0.324 e. The van der Waals surface area contributed by atoms with Crippen LogP contribution in [0.2, 0.25) is 0 Å². The molecule has 3 rings (SSSR count). The Morgan fingerprint density at radius 2 is 1.52 bits per heavy atom. The van der Waals surface area contributed by atoms with Crippen molar-refractivity contribution in [2.75, 3.05) is 0 Å². The lowest BCUT2D eigenvalue weighted by atomic mass is 10.1. The van der Waals surface area contributed by atoms with Gasteiger partial charge in [-0.05, 0) is 47.0 Å². The van der Waals surface area contributed by atoms with Crippen molar-refractivity contribution in [2.24, 2.45) is 5.73 Å². The van der Waals surface area contributed by atoms with Crippen molar-refractivity contribution in [3.8, 4) is 0 Å². The third-order valence-corrected chi connectivity index (χ3v) is 4.70. The van der Waals surface area contributed by atoms with Crippen LogP contribution < -0.4 is 5.73 Å². The van der Waals surface area contributed by atoms with Gasteiger partial charge in [0.15, 0.2) is 0 Å². The lowest BCUT2D eigenvalue weighted by molar-refractivity contribution is 0.698. The number of hydrogen-bond acceptors (Lipinski definition) is 2. The van der Waals surface area contributed by atoms with Gasteiger partial charge in [-0.2, -0.15) is 0 Å². The number of benzene rings is 3. The SMILES string of the molecule is CCC(N)c1ccc(Sc2ccc3ccccc3c2)cc1. The van der Waals surface area contributed by atoms with Gasteiger partial charge in [0, 0.05) is 15.8 Å². The van der Waals surface area contributed by atoms with Crippen molar-refractivity contribution in [1.82, 2.24) is 0 Å². The van der Waals surface area contributed by atoms with Crippen LogP contribution in [0.15, 0.2) is 76.5 Å². The Bertz CT molecular complexity index is 734. The van der Waals surface area contributed by atoms with E-state index in [0.29, 0.717) is 0 Å². The summed E-state index contributed by atoms with van der Waals surface area (Å²) in [6, 6.07) is 23.8. The topological polar surface area (TPSA) is 26.0 Å². The smallest absolute Gasteiger partial charge is 0.0292 e. The van der Waals surface area contributed by atoms with Crippen LogP contribution in [0.3, 0.4) is 0 Å². The number of rotatable bonds is 4. The molecule has 1 unspecified atom stereocenters. The molecule has 2 heteroatoms. The molecule has 0 heterocycles. The van der Waals surface area contributed by atoms with Crippen molar-refractivity contribution < 1.29 is 0 Å². The van der Waals surface area contributed by atoms with E-state index in [9.17, 15) is 0 Å². The first-order valence-corrected chi connectivity index (χ1v) is 8.10. The molecule has 21 heavy (non-hydrogen) atoms. The van der Waals surface area contributed by atoms with Gasteiger partial charge in [0.25, 0.3) is 0 Å². The highest BCUT2D eigenvalue weighted by atomic mass is 32.2. The molecular formula is C19H19NS. The van der Waals surface area contributed by atoms with E-state index in [4.69, 9.17) is 5.73 Å². The first-order chi connectivity index (χ1) is 10.3. The quantitative estimate of drug-likeness (QED) is 0.697. The van der Waals surface area contributed by atoms with Gasteiger partial charge < -0.3 is 5.73 Å². The summed E-state index contributed by atoms with van der Waals surface area (Å²) in [5.41, 5.74) is 7.26. The van der Waals surface area contributed by atoms with E-state index in [1.807, 2.05) is 0 Å².